The van der Waals surface area contributed by atoms with E-state index >= 15 is 0 Å². The Balaban J connectivity index is 2.19. The second-order valence-electron chi connectivity index (χ2n) is 3.93. The fourth-order valence-corrected chi connectivity index (χ4v) is 1.83. The monoisotopic (exact) mass is 307 g/mol. The number of nitrogens with zero attached hydrogens (tertiary/aromatic N) is 3. The van der Waals surface area contributed by atoms with Crippen LogP contribution in [0, 0.1) is 0 Å². The molecule has 0 spiro atoms. The molecular formula is C13H14BrN3O. The number of aliphatic hydroxyl groups excluding tert-OH is 1. The lowest BCUT2D eigenvalue weighted by Crippen LogP contribution is -2.22. The van der Waals surface area contributed by atoms with Crippen LogP contribution in [0.5, 0.6) is 0 Å². The molecule has 94 valence electrons. The summed E-state index contributed by atoms with van der Waals surface area (Å²) in [5.74, 6) is 0.755. The Morgan fingerprint density at radius 3 is 2.39 bits per heavy atom. The normalized spacial score (nSPS) is 10.4. The largest absolute Gasteiger partial charge is 0.395 e. The third-order valence-corrected chi connectivity index (χ3v) is 3.15. The van der Waals surface area contributed by atoms with Crippen LogP contribution in [0.15, 0.2) is 40.9 Å². The first-order valence-electron chi connectivity index (χ1n) is 5.62. The third kappa shape index (κ3) is 3.05. The standard InChI is InChI=1S/C13H14BrN3O/c1-17(8-9-18)13-7-6-12(15-16-13)10-2-4-11(14)5-3-10/h2-7,18H,8-9H2,1H3. The number of aromatic nitrogens is 2. The Labute approximate surface area is 114 Å². The van der Waals surface area contributed by atoms with Crippen molar-refractivity contribution in [2.24, 2.45) is 0 Å². The first-order valence-corrected chi connectivity index (χ1v) is 6.41. The van der Waals surface area contributed by atoms with Gasteiger partial charge in [-0.2, -0.15) is 0 Å². The summed E-state index contributed by atoms with van der Waals surface area (Å²) in [6.45, 7) is 0.652. The van der Waals surface area contributed by atoms with Crippen LogP contribution in [0.1, 0.15) is 0 Å². The van der Waals surface area contributed by atoms with E-state index in [0.29, 0.717) is 6.54 Å². The molecular weight excluding hydrogens is 294 g/mol. The summed E-state index contributed by atoms with van der Waals surface area (Å²) < 4.78 is 1.04. The first-order chi connectivity index (χ1) is 8.70. The number of likely N-dealkylation sites (N-methyl/N-ethyl adjacent to an activating group) is 1. The van der Waals surface area contributed by atoms with Gasteiger partial charge in [-0.3, -0.25) is 0 Å². The highest BCUT2D eigenvalue weighted by Crippen LogP contribution is 2.20. The Morgan fingerprint density at radius 1 is 1.11 bits per heavy atom. The summed E-state index contributed by atoms with van der Waals surface area (Å²) in [6.07, 6.45) is 0. The molecule has 0 bridgehead atoms. The van der Waals surface area contributed by atoms with Gasteiger partial charge in [0.15, 0.2) is 5.82 Å². The molecule has 1 aromatic heterocycles. The van der Waals surface area contributed by atoms with Crippen molar-refractivity contribution in [3.8, 4) is 11.3 Å². The molecule has 0 unspecified atom stereocenters. The van der Waals surface area contributed by atoms with Gasteiger partial charge in [-0.05, 0) is 24.3 Å². The topological polar surface area (TPSA) is 49.2 Å². The summed E-state index contributed by atoms with van der Waals surface area (Å²) in [5, 5.41) is 17.2. The van der Waals surface area contributed by atoms with Crippen LogP contribution in [-0.2, 0) is 0 Å². The Kier molecular flexibility index (Phi) is 4.28. The fraction of sp³-hybridized carbons (Fsp3) is 0.231. The van der Waals surface area contributed by atoms with Crippen molar-refractivity contribution < 1.29 is 5.11 Å². The number of rotatable bonds is 4. The smallest absolute Gasteiger partial charge is 0.151 e. The fourth-order valence-electron chi connectivity index (χ4n) is 1.57. The molecule has 18 heavy (non-hydrogen) atoms. The zero-order chi connectivity index (χ0) is 13.0. The molecule has 0 aliphatic heterocycles. The molecule has 0 aliphatic carbocycles. The summed E-state index contributed by atoms with van der Waals surface area (Å²) in [5.41, 5.74) is 1.87. The van der Waals surface area contributed by atoms with Crippen molar-refractivity contribution in [3.05, 3.63) is 40.9 Å². The number of halogens is 1. The van der Waals surface area contributed by atoms with E-state index in [2.05, 4.69) is 26.1 Å². The lowest BCUT2D eigenvalue weighted by atomic mass is 10.1. The van der Waals surface area contributed by atoms with Crippen molar-refractivity contribution in [1.82, 2.24) is 10.2 Å². The van der Waals surface area contributed by atoms with E-state index in [4.69, 9.17) is 5.11 Å². The molecule has 0 aliphatic rings. The maximum absolute atomic E-state index is 8.86. The number of hydrogen-bond donors (Lipinski definition) is 1. The lowest BCUT2D eigenvalue weighted by molar-refractivity contribution is 0.303. The average molecular weight is 308 g/mol. The molecule has 0 saturated heterocycles. The van der Waals surface area contributed by atoms with Gasteiger partial charge in [0.25, 0.3) is 0 Å². The van der Waals surface area contributed by atoms with Gasteiger partial charge in [0.05, 0.1) is 12.3 Å². The van der Waals surface area contributed by atoms with E-state index in [-0.39, 0.29) is 6.61 Å². The van der Waals surface area contributed by atoms with Crippen LogP contribution < -0.4 is 4.90 Å². The maximum atomic E-state index is 8.86. The van der Waals surface area contributed by atoms with E-state index in [9.17, 15) is 0 Å². The molecule has 0 radical (unpaired) electrons. The Morgan fingerprint density at radius 2 is 1.83 bits per heavy atom. The molecule has 2 aromatic rings. The van der Waals surface area contributed by atoms with E-state index < -0.39 is 0 Å². The van der Waals surface area contributed by atoms with E-state index in [1.165, 1.54) is 0 Å². The zero-order valence-electron chi connectivity index (χ0n) is 10.0. The van der Waals surface area contributed by atoms with Gasteiger partial charge in [-0.1, -0.05) is 28.1 Å². The van der Waals surface area contributed by atoms with Crippen LogP contribution in [0.2, 0.25) is 0 Å². The van der Waals surface area contributed by atoms with Gasteiger partial charge in [-0.25, -0.2) is 0 Å². The highest BCUT2D eigenvalue weighted by Gasteiger charge is 2.04. The van der Waals surface area contributed by atoms with E-state index in [0.717, 1.165) is 21.5 Å². The van der Waals surface area contributed by atoms with Gasteiger partial charge in [0.2, 0.25) is 0 Å². The van der Waals surface area contributed by atoms with Gasteiger partial charge in [0.1, 0.15) is 0 Å². The first kappa shape index (κ1) is 13.0. The molecule has 0 saturated carbocycles. The van der Waals surface area contributed by atoms with Gasteiger partial charge < -0.3 is 10.0 Å². The molecule has 0 fully saturated rings. The predicted molar refractivity (Wildman–Crippen MR) is 75.5 cm³/mol. The minimum absolute atomic E-state index is 0.104. The second-order valence-corrected chi connectivity index (χ2v) is 4.84. The van der Waals surface area contributed by atoms with Crippen LogP contribution in [-0.4, -0.2) is 35.5 Å². The highest BCUT2D eigenvalue weighted by atomic mass is 79.9. The molecule has 2 rings (SSSR count). The number of anilines is 1. The quantitative estimate of drug-likeness (QED) is 0.942. The van der Waals surface area contributed by atoms with E-state index in [1.54, 1.807) is 0 Å². The molecule has 0 amide bonds. The van der Waals surface area contributed by atoms with Crippen LogP contribution in [0.25, 0.3) is 11.3 Å². The van der Waals surface area contributed by atoms with Crippen LogP contribution in [0.4, 0.5) is 5.82 Å². The van der Waals surface area contributed by atoms with Crippen LogP contribution >= 0.6 is 15.9 Å². The molecule has 0 atom stereocenters. The minimum atomic E-state index is 0.104. The summed E-state index contributed by atoms with van der Waals surface area (Å²) in [4.78, 5) is 1.86. The average Bonchev–Trinajstić information content (AvgIpc) is 2.40. The predicted octanol–water partition coefficient (Wildman–Crippen LogP) is 2.33. The molecule has 1 N–H and O–H groups in total. The third-order valence-electron chi connectivity index (χ3n) is 2.62. The number of aliphatic hydroxyl groups is 1. The molecule has 1 aromatic carbocycles. The summed E-state index contributed by atoms with van der Waals surface area (Å²) in [6, 6.07) is 11.8. The molecule has 4 nitrogen and oxygen atoms in total. The lowest BCUT2D eigenvalue weighted by Gasteiger charge is -2.15. The second kappa shape index (κ2) is 5.93. The number of hydrogen-bond acceptors (Lipinski definition) is 4. The summed E-state index contributed by atoms with van der Waals surface area (Å²) in [7, 11) is 1.87. The zero-order valence-corrected chi connectivity index (χ0v) is 11.6. The van der Waals surface area contributed by atoms with Crippen molar-refractivity contribution in [3.63, 3.8) is 0 Å². The molecule has 5 heteroatoms. The SMILES string of the molecule is CN(CCO)c1ccc(-c2ccc(Br)cc2)nn1. The van der Waals surface area contributed by atoms with Crippen molar-refractivity contribution in [1.29, 1.82) is 0 Å². The summed E-state index contributed by atoms with van der Waals surface area (Å²) >= 11 is 3.40. The van der Waals surface area contributed by atoms with E-state index in [1.807, 2.05) is 48.3 Å². The van der Waals surface area contributed by atoms with Crippen molar-refractivity contribution >= 4 is 21.7 Å². The van der Waals surface area contributed by atoms with Gasteiger partial charge in [-0.15, -0.1) is 10.2 Å². The maximum Gasteiger partial charge on any atom is 0.151 e. The Hall–Kier alpha value is -1.46. The highest BCUT2D eigenvalue weighted by molar-refractivity contribution is 9.10. The van der Waals surface area contributed by atoms with Crippen molar-refractivity contribution in [2.45, 2.75) is 0 Å². The number of benzene rings is 1. The minimum Gasteiger partial charge on any atom is -0.395 e. The Bertz CT molecular complexity index is 499. The van der Waals surface area contributed by atoms with Gasteiger partial charge in [0, 0.05) is 23.6 Å². The van der Waals surface area contributed by atoms with Gasteiger partial charge >= 0.3 is 0 Å². The van der Waals surface area contributed by atoms with Crippen LogP contribution in [0.3, 0.4) is 0 Å². The van der Waals surface area contributed by atoms with Crippen molar-refractivity contribution in [2.75, 3.05) is 25.1 Å². The molecule has 1 heterocycles.